The number of hydrogen-bond donors (Lipinski definition) is 0. The zero-order chi connectivity index (χ0) is 25.2. The standard InChI is InChI=1S/C25H29IN4O4S/c1-16-5-7-18(8-6-16)35(32,33)30-13-20(26)19-12-27-21(28-22(19)30)9-17-10-25(11-17)14-29(15-25)23(31)34-24(2,3)4/h5-8,12-13,17H,9-11,14-15H2,1-4H3. The number of rotatable bonds is 4. The Labute approximate surface area is 219 Å². The summed E-state index contributed by atoms with van der Waals surface area (Å²) >= 11 is 2.12. The van der Waals surface area contributed by atoms with E-state index in [0.29, 0.717) is 23.8 Å². The first-order chi connectivity index (χ1) is 16.4. The first-order valence-electron chi connectivity index (χ1n) is 11.7. The van der Waals surface area contributed by atoms with Gasteiger partial charge in [0.25, 0.3) is 10.0 Å². The fourth-order valence-corrected chi connectivity index (χ4v) is 7.29. The average molecular weight is 609 g/mol. The third-order valence-electron chi connectivity index (χ3n) is 6.71. The molecule has 2 aliphatic rings. The maximum absolute atomic E-state index is 13.3. The Morgan fingerprint density at radius 2 is 1.86 bits per heavy atom. The summed E-state index contributed by atoms with van der Waals surface area (Å²) in [4.78, 5) is 23.5. The van der Waals surface area contributed by atoms with Crippen LogP contribution in [0.3, 0.4) is 0 Å². The smallest absolute Gasteiger partial charge is 0.410 e. The highest BCUT2D eigenvalue weighted by Gasteiger charge is 2.54. The van der Waals surface area contributed by atoms with Crippen LogP contribution in [0.4, 0.5) is 4.79 Å². The molecule has 0 unspecified atom stereocenters. The van der Waals surface area contributed by atoms with E-state index in [0.717, 1.165) is 40.5 Å². The van der Waals surface area contributed by atoms with Gasteiger partial charge >= 0.3 is 6.09 Å². The van der Waals surface area contributed by atoms with Crippen molar-refractivity contribution in [1.29, 1.82) is 0 Å². The summed E-state index contributed by atoms with van der Waals surface area (Å²) in [5, 5.41) is 0.724. The fourth-order valence-electron chi connectivity index (χ4n) is 5.13. The molecule has 186 valence electrons. The van der Waals surface area contributed by atoms with Gasteiger partial charge in [-0.25, -0.2) is 27.2 Å². The summed E-state index contributed by atoms with van der Waals surface area (Å²) in [6, 6.07) is 6.83. The van der Waals surface area contributed by atoms with Crippen LogP contribution in [0.1, 0.15) is 45.0 Å². The monoisotopic (exact) mass is 608 g/mol. The number of carbonyl (C=O) groups is 1. The first kappa shape index (κ1) is 24.5. The first-order valence-corrected chi connectivity index (χ1v) is 14.2. The molecular formula is C25H29IN4O4S. The van der Waals surface area contributed by atoms with Crippen LogP contribution >= 0.6 is 22.6 Å². The van der Waals surface area contributed by atoms with Gasteiger partial charge in [0, 0.05) is 40.9 Å². The topological polar surface area (TPSA) is 94.4 Å². The van der Waals surface area contributed by atoms with Gasteiger partial charge in [0.05, 0.1) is 10.3 Å². The van der Waals surface area contributed by atoms with Crippen molar-refractivity contribution >= 4 is 49.7 Å². The molecule has 0 atom stereocenters. The summed E-state index contributed by atoms with van der Waals surface area (Å²) in [6.07, 6.45) is 5.79. The van der Waals surface area contributed by atoms with Gasteiger partial charge in [0.1, 0.15) is 11.4 Å². The van der Waals surface area contributed by atoms with Gasteiger partial charge in [-0.3, -0.25) is 0 Å². The van der Waals surface area contributed by atoms with Gasteiger partial charge in [-0.2, -0.15) is 0 Å². The Hall–Kier alpha value is -2.21. The summed E-state index contributed by atoms with van der Waals surface area (Å²) in [5.41, 5.74) is 1.10. The molecule has 5 rings (SSSR count). The lowest BCUT2D eigenvalue weighted by molar-refractivity contribution is -0.0950. The van der Waals surface area contributed by atoms with Gasteiger partial charge in [0.2, 0.25) is 0 Å². The molecule has 1 aliphatic heterocycles. The molecule has 1 saturated carbocycles. The lowest BCUT2D eigenvalue weighted by Crippen LogP contribution is -2.64. The zero-order valence-electron chi connectivity index (χ0n) is 20.3. The number of hydrogen-bond acceptors (Lipinski definition) is 6. The molecule has 10 heteroatoms. The normalized spacial score (nSPS) is 17.9. The van der Waals surface area contributed by atoms with Crippen molar-refractivity contribution in [1.82, 2.24) is 18.8 Å². The van der Waals surface area contributed by atoms with Crippen LogP contribution in [0, 0.1) is 21.8 Å². The second-order valence-electron chi connectivity index (χ2n) is 10.9. The third-order valence-corrected chi connectivity index (χ3v) is 9.24. The highest BCUT2D eigenvalue weighted by Crippen LogP contribution is 2.53. The molecule has 0 radical (unpaired) electrons. The number of likely N-dealkylation sites (tertiary alicyclic amines) is 1. The van der Waals surface area contributed by atoms with Crippen molar-refractivity contribution in [2.45, 2.75) is 57.5 Å². The van der Waals surface area contributed by atoms with Crippen molar-refractivity contribution in [2.24, 2.45) is 11.3 Å². The average Bonchev–Trinajstić information content (AvgIpc) is 3.04. The van der Waals surface area contributed by atoms with Crippen molar-refractivity contribution in [3.05, 3.63) is 51.6 Å². The maximum atomic E-state index is 13.3. The summed E-state index contributed by atoms with van der Waals surface area (Å²) < 4.78 is 34.2. The number of aryl methyl sites for hydroxylation is 1. The molecule has 1 saturated heterocycles. The van der Waals surface area contributed by atoms with E-state index in [1.807, 2.05) is 27.7 Å². The molecule has 1 spiro atoms. The van der Waals surface area contributed by atoms with E-state index in [4.69, 9.17) is 4.74 Å². The van der Waals surface area contributed by atoms with Crippen LogP contribution < -0.4 is 0 Å². The number of benzene rings is 1. The minimum absolute atomic E-state index is 0.177. The van der Waals surface area contributed by atoms with E-state index in [-0.39, 0.29) is 16.4 Å². The molecule has 8 nitrogen and oxygen atoms in total. The number of amides is 1. The molecule has 35 heavy (non-hydrogen) atoms. The number of nitrogens with zero attached hydrogens (tertiary/aromatic N) is 4. The Balaban J connectivity index is 1.29. The lowest BCUT2D eigenvalue weighted by Gasteiger charge is -2.58. The van der Waals surface area contributed by atoms with Crippen molar-refractivity contribution < 1.29 is 17.9 Å². The summed E-state index contributed by atoms with van der Waals surface area (Å²) in [5.74, 6) is 1.07. The molecule has 1 aromatic carbocycles. The summed E-state index contributed by atoms with van der Waals surface area (Å²) in [7, 11) is -3.77. The molecule has 1 amide bonds. The van der Waals surface area contributed by atoms with Crippen LogP contribution in [-0.2, 0) is 21.2 Å². The van der Waals surface area contributed by atoms with Gasteiger partial charge < -0.3 is 9.64 Å². The fraction of sp³-hybridized carbons (Fsp3) is 0.480. The Bertz CT molecular complexity index is 1400. The van der Waals surface area contributed by atoms with Gasteiger partial charge in [-0.05, 0) is 81.2 Å². The van der Waals surface area contributed by atoms with E-state index >= 15 is 0 Å². The highest BCUT2D eigenvalue weighted by molar-refractivity contribution is 14.1. The number of halogens is 1. The SMILES string of the molecule is Cc1ccc(S(=O)(=O)n2cc(I)c3cnc(CC4CC5(C4)CN(C(=O)OC(C)(C)C)C5)nc32)cc1. The van der Waals surface area contributed by atoms with E-state index in [1.54, 1.807) is 41.6 Å². The number of aromatic nitrogens is 3. The van der Waals surface area contributed by atoms with Crippen molar-refractivity contribution in [3.63, 3.8) is 0 Å². The van der Waals surface area contributed by atoms with Crippen LogP contribution in [0.2, 0.25) is 0 Å². The van der Waals surface area contributed by atoms with Crippen molar-refractivity contribution in [3.8, 4) is 0 Å². The number of ether oxygens (including phenoxy) is 1. The second-order valence-corrected chi connectivity index (χ2v) is 13.9. The van der Waals surface area contributed by atoms with E-state index in [2.05, 4.69) is 32.6 Å². The van der Waals surface area contributed by atoms with Gasteiger partial charge in [-0.1, -0.05) is 17.7 Å². The molecule has 3 heterocycles. The van der Waals surface area contributed by atoms with E-state index in [1.165, 1.54) is 3.97 Å². The Morgan fingerprint density at radius 3 is 2.49 bits per heavy atom. The number of fused-ring (bicyclic) bond motifs is 1. The van der Waals surface area contributed by atoms with Crippen LogP contribution in [0.25, 0.3) is 11.0 Å². The van der Waals surface area contributed by atoms with Gasteiger partial charge in [0.15, 0.2) is 5.65 Å². The second kappa shape index (κ2) is 8.43. The molecule has 2 fully saturated rings. The van der Waals surface area contributed by atoms with Crippen LogP contribution in [-0.4, -0.2) is 52.0 Å². The molecule has 0 bridgehead atoms. The highest BCUT2D eigenvalue weighted by atomic mass is 127. The van der Waals surface area contributed by atoms with Crippen LogP contribution in [0.15, 0.2) is 41.6 Å². The largest absolute Gasteiger partial charge is 0.444 e. The predicted octanol–water partition coefficient (Wildman–Crippen LogP) is 4.77. The molecule has 3 aromatic rings. The maximum Gasteiger partial charge on any atom is 0.410 e. The quantitative estimate of drug-likeness (QED) is 0.397. The lowest BCUT2D eigenvalue weighted by atomic mass is 9.57. The van der Waals surface area contributed by atoms with E-state index < -0.39 is 15.6 Å². The minimum atomic E-state index is -3.77. The van der Waals surface area contributed by atoms with Gasteiger partial charge in [-0.15, -0.1) is 0 Å². The zero-order valence-corrected chi connectivity index (χ0v) is 23.3. The Morgan fingerprint density at radius 1 is 1.20 bits per heavy atom. The summed E-state index contributed by atoms with van der Waals surface area (Å²) in [6.45, 7) is 9.01. The van der Waals surface area contributed by atoms with Crippen LogP contribution in [0.5, 0.6) is 0 Å². The molecular weight excluding hydrogens is 579 g/mol. The third kappa shape index (κ3) is 4.66. The Kier molecular flexibility index (Phi) is 5.90. The minimum Gasteiger partial charge on any atom is -0.444 e. The predicted molar refractivity (Wildman–Crippen MR) is 141 cm³/mol. The molecule has 1 aliphatic carbocycles. The van der Waals surface area contributed by atoms with Crippen molar-refractivity contribution in [2.75, 3.05) is 13.1 Å². The number of carbonyl (C=O) groups excluding carboxylic acids is 1. The molecule has 0 N–H and O–H groups in total. The molecule has 2 aromatic heterocycles. The van der Waals surface area contributed by atoms with E-state index in [9.17, 15) is 13.2 Å².